The van der Waals surface area contributed by atoms with Crippen LogP contribution in [0.25, 0.3) is 0 Å². The van der Waals surface area contributed by atoms with Gasteiger partial charge in [-0.15, -0.1) is 0 Å². The van der Waals surface area contributed by atoms with Crippen LogP contribution in [0.3, 0.4) is 0 Å². The average Bonchev–Trinajstić information content (AvgIpc) is 3.12. The quantitative estimate of drug-likeness (QED) is 0.452. The highest BCUT2D eigenvalue weighted by atomic mass is 32.2. The topological polar surface area (TPSA) is 99.1 Å². The minimum atomic E-state index is -3.89. The predicted molar refractivity (Wildman–Crippen MR) is 140 cm³/mol. The Morgan fingerprint density at radius 1 is 1.09 bits per heavy atom. The Balaban J connectivity index is 1.86. The molecule has 1 amide bonds. The Kier molecular flexibility index (Phi) is 8.85. The Morgan fingerprint density at radius 3 is 2.40 bits per heavy atom. The maximum Gasteiger partial charge on any atom is 0.243 e. The second-order valence-electron chi connectivity index (χ2n) is 9.93. The Labute approximate surface area is 209 Å². The van der Waals surface area contributed by atoms with Gasteiger partial charge in [-0.25, -0.2) is 8.42 Å². The standard InChI is InChI=1S/C27H37N3O4S/c1-18(2)16-30(17-22(31)12-11-21-9-7-6-8-10-21)35(33,34)23-13-14-25-24(15-23)26(27(32)29-25)20(5)28-19(3)4/h6-10,13-15,18-19,22,26,31H,11-12,16-17H2,1-5H3,(H,29,32). The van der Waals surface area contributed by atoms with Gasteiger partial charge in [-0.2, -0.15) is 4.31 Å². The van der Waals surface area contributed by atoms with Crippen molar-refractivity contribution < 1.29 is 18.3 Å². The molecule has 0 bridgehead atoms. The number of carbonyl (C=O) groups excluding carboxylic acids is 1. The highest BCUT2D eigenvalue weighted by Gasteiger charge is 2.35. The fourth-order valence-electron chi connectivity index (χ4n) is 4.43. The van der Waals surface area contributed by atoms with E-state index >= 15 is 0 Å². The molecule has 0 aliphatic carbocycles. The molecule has 2 atom stereocenters. The summed E-state index contributed by atoms with van der Waals surface area (Å²) in [5.74, 6) is -0.735. The number of nitrogens with zero attached hydrogens (tertiary/aromatic N) is 2. The van der Waals surface area contributed by atoms with E-state index in [-0.39, 0.29) is 35.9 Å². The molecule has 8 heteroatoms. The summed E-state index contributed by atoms with van der Waals surface area (Å²) in [6.07, 6.45) is 0.332. The van der Waals surface area contributed by atoms with Crippen molar-refractivity contribution in [2.75, 3.05) is 18.4 Å². The van der Waals surface area contributed by atoms with Gasteiger partial charge in [0.15, 0.2) is 0 Å². The number of hydrogen-bond donors (Lipinski definition) is 2. The van der Waals surface area contributed by atoms with Gasteiger partial charge in [-0.3, -0.25) is 9.79 Å². The lowest BCUT2D eigenvalue weighted by atomic mass is 9.96. The number of amides is 1. The van der Waals surface area contributed by atoms with E-state index in [1.165, 1.54) is 10.4 Å². The van der Waals surface area contributed by atoms with Gasteiger partial charge in [0.05, 0.1) is 11.0 Å². The van der Waals surface area contributed by atoms with E-state index in [1.54, 1.807) is 19.1 Å². The Hall–Kier alpha value is -2.55. The number of aliphatic hydroxyl groups is 1. The lowest BCUT2D eigenvalue weighted by molar-refractivity contribution is -0.115. The lowest BCUT2D eigenvalue weighted by Crippen LogP contribution is -2.40. The number of benzene rings is 2. The fourth-order valence-corrected chi connectivity index (χ4v) is 6.10. The molecule has 2 aromatic rings. The van der Waals surface area contributed by atoms with E-state index in [0.29, 0.717) is 29.8 Å². The summed E-state index contributed by atoms with van der Waals surface area (Å²) in [6.45, 7) is 9.87. The van der Waals surface area contributed by atoms with Crippen LogP contribution in [0, 0.1) is 5.92 Å². The van der Waals surface area contributed by atoms with Gasteiger partial charge in [0, 0.05) is 30.5 Å². The van der Waals surface area contributed by atoms with Crippen molar-refractivity contribution in [1.29, 1.82) is 0 Å². The molecule has 1 aliphatic heterocycles. The monoisotopic (exact) mass is 499 g/mol. The van der Waals surface area contributed by atoms with Crippen molar-refractivity contribution >= 4 is 27.3 Å². The normalized spacial score (nSPS) is 17.2. The molecule has 2 N–H and O–H groups in total. The molecule has 2 unspecified atom stereocenters. The number of hydrogen-bond acceptors (Lipinski definition) is 5. The summed E-state index contributed by atoms with van der Waals surface area (Å²) >= 11 is 0. The molecule has 0 fully saturated rings. The molecule has 3 rings (SSSR count). The molecule has 0 saturated carbocycles. The maximum absolute atomic E-state index is 13.7. The Morgan fingerprint density at radius 2 is 1.77 bits per heavy atom. The minimum Gasteiger partial charge on any atom is -0.392 e. The zero-order chi connectivity index (χ0) is 25.8. The molecule has 0 radical (unpaired) electrons. The molecule has 35 heavy (non-hydrogen) atoms. The number of sulfonamides is 1. The number of carbonyl (C=O) groups is 1. The fraction of sp³-hybridized carbons (Fsp3) is 0.481. The number of aryl methyl sites for hydroxylation is 1. The van der Waals surface area contributed by atoms with Crippen LogP contribution in [0.15, 0.2) is 58.4 Å². The molecule has 7 nitrogen and oxygen atoms in total. The summed E-state index contributed by atoms with van der Waals surface area (Å²) in [4.78, 5) is 17.3. The number of rotatable bonds is 11. The zero-order valence-corrected chi connectivity index (χ0v) is 22.0. The molecule has 1 heterocycles. The van der Waals surface area contributed by atoms with Gasteiger partial charge >= 0.3 is 0 Å². The van der Waals surface area contributed by atoms with Crippen LogP contribution < -0.4 is 5.32 Å². The van der Waals surface area contributed by atoms with Crippen LogP contribution in [-0.2, 0) is 21.2 Å². The van der Waals surface area contributed by atoms with Crippen molar-refractivity contribution in [3.63, 3.8) is 0 Å². The SMILES string of the molecule is CC(=NC(C)C)C1C(=O)Nc2ccc(S(=O)(=O)N(CC(C)C)CC(O)CCc3ccccc3)cc21. The van der Waals surface area contributed by atoms with Crippen LogP contribution >= 0.6 is 0 Å². The third kappa shape index (κ3) is 6.78. The first kappa shape index (κ1) is 27.0. The average molecular weight is 500 g/mol. The summed E-state index contributed by atoms with van der Waals surface area (Å²) < 4.78 is 28.7. The van der Waals surface area contributed by atoms with E-state index in [4.69, 9.17) is 0 Å². The minimum absolute atomic E-state index is 0.0128. The molecule has 0 spiro atoms. The molecule has 2 aromatic carbocycles. The largest absolute Gasteiger partial charge is 0.392 e. The highest BCUT2D eigenvalue weighted by molar-refractivity contribution is 7.89. The number of nitrogens with one attached hydrogen (secondary N) is 1. The van der Waals surface area contributed by atoms with E-state index in [1.807, 2.05) is 58.0 Å². The number of fused-ring (bicyclic) bond motifs is 1. The van der Waals surface area contributed by atoms with Crippen molar-refractivity contribution in [3.05, 3.63) is 59.7 Å². The molecule has 0 saturated heterocycles. The lowest BCUT2D eigenvalue weighted by Gasteiger charge is -2.26. The summed E-state index contributed by atoms with van der Waals surface area (Å²) in [5.41, 5.74) is 2.98. The maximum atomic E-state index is 13.7. The molecular weight excluding hydrogens is 462 g/mol. The first-order valence-electron chi connectivity index (χ1n) is 12.2. The van der Waals surface area contributed by atoms with Gasteiger partial charge in [-0.1, -0.05) is 44.2 Å². The van der Waals surface area contributed by atoms with E-state index in [0.717, 1.165) is 5.56 Å². The second kappa shape index (κ2) is 11.5. The van der Waals surface area contributed by atoms with Crippen LogP contribution in [0.1, 0.15) is 58.1 Å². The van der Waals surface area contributed by atoms with Gasteiger partial charge in [0.2, 0.25) is 15.9 Å². The smallest absolute Gasteiger partial charge is 0.243 e. The number of aliphatic imine (C=N–C) groups is 1. The van der Waals surface area contributed by atoms with Gasteiger partial charge < -0.3 is 10.4 Å². The van der Waals surface area contributed by atoms with Gasteiger partial charge in [-0.05, 0) is 68.9 Å². The molecular formula is C27H37N3O4S. The van der Waals surface area contributed by atoms with Crippen molar-refractivity contribution in [2.24, 2.45) is 10.9 Å². The van der Waals surface area contributed by atoms with Crippen LogP contribution in [0.4, 0.5) is 5.69 Å². The van der Waals surface area contributed by atoms with Crippen molar-refractivity contribution in [2.45, 2.75) is 70.4 Å². The van der Waals surface area contributed by atoms with E-state index < -0.39 is 22.0 Å². The van der Waals surface area contributed by atoms with E-state index in [9.17, 15) is 18.3 Å². The highest BCUT2D eigenvalue weighted by Crippen LogP contribution is 2.36. The molecule has 190 valence electrons. The summed E-state index contributed by atoms with van der Waals surface area (Å²) in [7, 11) is -3.89. The van der Waals surface area contributed by atoms with Crippen LogP contribution in [0.5, 0.6) is 0 Å². The van der Waals surface area contributed by atoms with E-state index in [2.05, 4.69) is 10.3 Å². The van der Waals surface area contributed by atoms with Gasteiger partial charge in [0.25, 0.3) is 0 Å². The third-order valence-corrected chi connectivity index (χ3v) is 7.79. The van der Waals surface area contributed by atoms with Crippen LogP contribution in [-0.4, -0.2) is 54.7 Å². The number of anilines is 1. The van der Waals surface area contributed by atoms with Crippen molar-refractivity contribution in [3.8, 4) is 0 Å². The number of aliphatic hydroxyl groups excluding tert-OH is 1. The molecule has 1 aliphatic rings. The Bertz CT molecular complexity index is 1160. The summed E-state index contributed by atoms with van der Waals surface area (Å²) in [6, 6.07) is 14.6. The van der Waals surface area contributed by atoms with Crippen molar-refractivity contribution in [1.82, 2.24) is 4.31 Å². The summed E-state index contributed by atoms with van der Waals surface area (Å²) in [5, 5.41) is 13.6. The zero-order valence-electron chi connectivity index (χ0n) is 21.2. The third-order valence-electron chi connectivity index (χ3n) is 5.96. The first-order valence-corrected chi connectivity index (χ1v) is 13.6. The van der Waals surface area contributed by atoms with Gasteiger partial charge in [0.1, 0.15) is 5.92 Å². The second-order valence-corrected chi connectivity index (χ2v) is 11.9. The van der Waals surface area contributed by atoms with Crippen LogP contribution in [0.2, 0.25) is 0 Å². The first-order chi connectivity index (χ1) is 16.5. The molecule has 0 aromatic heterocycles. The predicted octanol–water partition coefficient (Wildman–Crippen LogP) is 4.23.